The van der Waals surface area contributed by atoms with E-state index < -0.39 is 21.7 Å². The second-order valence-electron chi connectivity index (χ2n) is 6.29. The van der Waals surface area contributed by atoms with Crippen LogP contribution in [0.4, 0.5) is 4.39 Å². The molecule has 1 rings (SSSR count). The average Bonchev–Trinajstić information content (AvgIpc) is 2.52. The quantitative estimate of drug-likeness (QED) is 0.674. The summed E-state index contributed by atoms with van der Waals surface area (Å²) in [6.45, 7) is 10.0. The van der Waals surface area contributed by atoms with E-state index in [2.05, 4.69) is 20.4 Å². The molecule has 1 aromatic rings. The van der Waals surface area contributed by atoms with Crippen molar-refractivity contribution in [2.75, 3.05) is 12.9 Å². The third-order valence-electron chi connectivity index (χ3n) is 4.40. The Morgan fingerprint density at radius 1 is 1.36 bits per heavy atom. The number of nitrogens with one attached hydrogen (secondary N) is 1. The molecule has 7 heteroatoms. The van der Waals surface area contributed by atoms with Gasteiger partial charge in [-0.05, 0) is 37.8 Å². The number of amides is 1. The van der Waals surface area contributed by atoms with Gasteiger partial charge in [0.1, 0.15) is 11.6 Å². The van der Waals surface area contributed by atoms with Crippen LogP contribution >= 0.6 is 0 Å². The molecule has 0 saturated heterocycles. The average molecular weight is 371 g/mol. The highest BCUT2D eigenvalue weighted by atomic mass is 32.2. The lowest BCUT2D eigenvalue weighted by Crippen LogP contribution is -2.30. The van der Waals surface area contributed by atoms with Gasteiger partial charge in [-0.1, -0.05) is 19.9 Å². The van der Waals surface area contributed by atoms with Crippen LogP contribution in [-0.4, -0.2) is 27.2 Å². The predicted molar refractivity (Wildman–Crippen MR) is 96.8 cm³/mol. The van der Waals surface area contributed by atoms with Gasteiger partial charge in [-0.2, -0.15) is 0 Å². The van der Waals surface area contributed by atoms with Crippen molar-refractivity contribution in [3.8, 4) is 5.75 Å². The molecule has 1 aromatic carbocycles. The van der Waals surface area contributed by atoms with Gasteiger partial charge in [0.15, 0.2) is 0 Å². The van der Waals surface area contributed by atoms with Crippen molar-refractivity contribution in [1.82, 2.24) is 4.72 Å². The number of hydrogen-bond donors (Lipinski definition) is 1. The maximum Gasteiger partial charge on any atom is 0.267 e. The van der Waals surface area contributed by atoms with Crippen LogP contribution in [-0.2, 0) is 10.0 Å². The Morgan fingerprint density at radius 2 is 1.96 bits per heavy atom. The fourth-order valence-corrected chi connectivity index (χ4v) is 3.00. The lowest BCUT2D eigenvalue weighted by atomic mass is 9.80. The largest absolute Gasteiger partial charge is 0.493 e. The third kappa shape index (κ3) is 5.85. The molecule has 25 heavy (non-hydrogen) atoms. The normalized spacial score (nSPS) is 11.9. The van der Waals surface area contributed by atoms with E-state index in [-0.39, 0.29) is 11.0 Å². The molecular weight excluding hydrogens is 345 g/mol. The number of carbonyl (C=O) groups excluding carboxylic acids is 1. The van der Waals surface area contributed by atoms with E-state index in [1.165, 1.54) is 6.07 Å². The molecule has 0 aliphatic carbocycles. The molecule has 0 spiro atoms. The minimum atomic E-state index is -3.76. The lowest BCUT2D eigenvalue weighted by molar-refractivity contribution is 0.0977. The maximum atomic E-state index is 14.2. The first-order chi connectivity index (χ1) is 11.6. The molecule has 1 amide bonds. The SMILES string of the molecule is C=CCC(CC)(CC)COc1cc(F)c(C(=O)NS(C)(=O)=O)cc1C. The molecule has 0 heterocycles. The number of sulfonamides is 1. The molecule has 0 aliphatic heterocycles. The van der Waals surface area contributed by atoms with Crippen LogP contribution in [0, 0.1) is 18.2 Å². The van der Waals surface area contributed by atoms with Crippen molar-refractivity contribution in [3.05, 3.63) is 41.7 Å². The van der Waals surface area contributed by atoms with Crippen LogP contribution in [0.5, 0.6) is 5.75 Å². The van der Waals surface area contributed by atoms with E-state index in [1.807, 2.05) is 6.08 Å². The van der Waals surface area contributed by atoms with E-state index in [0.29, 0.717) is 17.9 Å². The minimum Gasteiger partial charge on any atom is -0.493 e. The highest BCUT2D eigenvalue weighted by Crippen LogP contribution is 2.33. The summed E-state index contributed by atoms with van der Waals surface area (Å²) in [6.07, 6.45) is 5.26. The molecular formula is C18H26FNO4S. The molecule has 0 aliphatic rings. The zero-order valence-electron chi connectivity index (χ0n) is 15.2. The fraction of sp³-hybridized carbons (Fsp3) is 0.500. The number of hydrogen-bond acceptors (Lipinski definition) is 4. The topological polar surface area (TPSA) is 72.5 Å². The first-order valence-electron chi connectivity index (χ1n) is 8.13. The highest BCUT2D eigenvalue weighted by Gasteiger charge is 2.26. The van der Waals surface area contributed by atoms with Crippen LogP contribution in [0.1, 0.15) is 49.0 Å². The molecule has 1 N–H and O–H groups in total. The molecule has 0 bridgehead atoms. The molecule has 5 nitrogen and oxygen atoms in total. The summed E-state index contributed by atoms with van der Waals surface area (Å²) in [4.78, 5) is 11.9. The molecule has 0 saturated carbocycles. The standard InChI is InChI=1S/C18H26FNO4S/c1-6-9-18(7-2,8-3)12-24-16-11-15(19)14(10-13(16)4)17(21)20-25(5,22)23/h6,10-11H,1,7-9,12H2,2-5H3,(H,20,21). The Balaban J connectivity index is 3.03. The Hall–Kier alpha value is -1.89. The summed E-state index contributed by atoms with van der Waals surface area (Å²) < 4.78 is 44.1. The van der Waals surface area contributed by atoms with E-state index in [0.717, 1.165) is 31.6 Å². The summed E-state index contributed by atoms with van der Waals surface area (Å²) >= 11 is 0. The van der Waals surface area contributed by atoms with Gasteiger partial charge in [-0.25, -0.2) is 17.5 Å². The molecule has 140 valence electrons. The van der Waals surface area contributed by atoms with Crippen molar-refractivity contribution >= 4 is 15.9 Å². The van der Waals surface area contributed by atoms with Crippen LogP contribution in [0.15, 0.2) is 24.8 Å². The fourth-order valence-electron chi connectivity index (χ4n) is 2.55. The van der Waals surface area contributed by atoms with Gasteiger partial charge in [-0.3, -0.25) is 4.79 Å². The zero-order chi connectivity index (χ0) is 19.3. The third-order valence-corrected chi connectivity index (χ3v) is 4.95. The van der Waals surface area contributed by atoms with Crippen molar-refractivity contribution in [1.29, 1.82) is 0 Å². The van der Waals surface area contributed by atoms with E-state index >= 15 is 0 Å². The summed E-state index contributed by atoms with van der Waals surface area (Å²) in [5, 5.41) is 0. The van der Waals surface area contributed by atoms with E-state index in [1.54, 1.807) is 11.6 Å². The molecule has 0 aromatic heterocycles. The second kappa shape index (κ2) is 8.47. The van der Waals surface area contributed by atoms with E-state index in [9.17, 15) is 17.6 Å². The first kappa shape index (κ1) is 21.2. The molecule has 0 unspecified atom stereocenters. The van der Waals surface area contributed by atoms with E-state index in [4.69, 9.17) is 4.74 Å². The Bertz CT molecular complexity index is 740. The Morgan fingerprint density at radius 3 is 2.44 bits per heavy atom. The Kier molecular flexibility index (Phi) is 7.17. The number of allylic oxidation sites excluding steroid dienone is 1. The summed E-state index contributed by atoms with van der Waals surface area (Å²) in [7, 11) is -3.76. The van der Waals surface area contributed by atoms with Crippen LogP contribution in [0.25, 0.3) is 0 Å². The van der Waals surface area contributed by atoms with Crippen molar-refractivity contribution < 1.29 is 22.3 Å². The smallest absolute Gasteiger partial charge is 0.267 e. The van der Waals surface area contributed by atoms with Gasteiger partial charge in [0.2, 0.25) is 10.0 Å². The van der Waals surface area contributed by atoms with Gasteiger partial charge >= 0.3 is 0 Å². The zero-order valence-corrected chi connectivity index (χ0v) is 16.0. The number of rotatable bonds is 9. The second-order valence-corrected chi connectivity index (χ2v) is 8.04. The molecule has 0 fully saturated rings. The number of benzene rings is 1. The van der Waals surface area contributed by atoms with Crippen molar-refractivity contribution in [2.24, 2.45) is 5.41 Å². The van der Waals surface area contributed by atoms with Crippen molar-refractivity contribution in [2.45, 2.75) is 40.0 Å². The molecule has 0 atom stereocenters. The predicted octanol–water partition coefficient (Wildman–Crippen LogP) is 3.58. The summed E-state index contributed by atoms with van der Waals surface area (Å²) in [5.41, 5.74) is 0.148. The van der Waals surface area contributed by atoms with Crippen LogP contribution in [0.3, 0.4) is 0 Å². The van der Waals surface area contributed by atoms with Gasteiger partial charge < -0.3 is 4.74 Å². The monoisotopic (exact) mass is 371 g/mol. The lowest BCUT2D eigenvalue weighted by Gasteiger charge is -2.30. The molecule has 0 radical (unpaired) electrons. The number of carbonyl (C=O) groups is 1. The highest BCUT2D eigenvalue weighted by molar-refractivity contribution is 7.89. The van der Waals surface area contributed by atoms with Crippen molar-refractivity contribution in [3.63, 3.8) is 0 Å². The number of halogens is 1. The van der Waals surface area contributed by atoms with Gasteiger partial charge in [-0.15, -0.1) is 6.58 Å². The minimum absolute atomic E-state index is 0.0724. The van der Waals surface area contributed by atoms with Crippen LogP contribution < -0.4 is 9.46 Å². The Labute approximate surface area is 149 Å². The number of aryl methyl sites for hydroxylation is 1. The summed E-state index contributed by atoms with van der Waals surface area (Å²) in [5.74, 6) is -1.49. The van der Waals surface area contributed by atoms with Gasteiger partial charge in [0.25, 0.3) is 5.91 Å². The van der Waals surface area contributed by atoms with Crippen LogP contribution in [0.2, 0.25) is 0 Å². The maximum absolute atomic E-state index is 14.2. The first-order valence-corrected chi connectivity index (χ1v) is 10.0. The summed E-state index contributed by atoms with van der Waals surface area (Å²) in [6, 6.07) is 2.41. The van der Waals surface area contributed by atoms with Gasteiger partial charge in [0.05, 0.1) is 18.4 Å². The van der Waals surface area contributed by atoms with Gasteiger partial charge in [0, 0.05) is 11.5 Å². The number of ether oxygens (including phenoxy) is 1.